The van der Waals surface area contributed by atoms with Gasteiger partial charge in [-0.2, -0.15) is 0 Å². The van der Waals surface area contributed by atoms with E-state index in [1.54, 1.807) is 0 Å². The Morgan fingerprint density at radius 3 is 2.67 bits per heavy atom. The monoisotopic (exact) mass is 367 g/mol. The van der Waals surface area contributed by atoms with Crippen molar-refractivity contribution in [2.45, 2.75) is 26.8 Å². The minimum atomic E-state index is 0.721. The Morgan fingerprint density at radius 2 is 2.00 bits per heavy atom. The number of nitrogens with one attached hydrogen (secondary N) is 1. The Morgan fingerprint density at radius 1 is 1.19 bits per heavy atom. The number of benzene rings is 2. The SMILES string of the molecule is CCCNCc1ccc(Oc2ccc(Cl)cc2C)cc1Br. The summed E-state index contributed by atoms with van der Waals surface area (Å²) in [6.07, 6.45) is 1.13. The first-order valence-electron chi connectivity index (χ1n) is 7.03. The lowest BCUT2D eigenvalue weighted by Crippen LogP contribution is -2.14. The third kappa shape index (κ3) is 4.73. The van der Waals surface area contributed by atoms with Gasteiger partial charge < -0.3 is 10.1 Å². The van der Waals surface area contributed by atoms with E-state index in [0.717, 1.165) is 46.1 Å². The summed E-state index contributed by atoms with van der Waals surface area (Å²) in [6.45, 7) is 6.02. The molecule has 21 heavy (non-hydrogen) atoms. The molecular weight excluding hydrogens is 350 g/mol. The van der Waals surface area contributed by atoms with Crippen LogP contribution < -0.4 is 10.1 Å². The van der Waals surface area contributed by atoms with E-state index in [4.69, 9.17) is 16.3 Å². The molecule has 0 aliphatic heterocycles. The molecule has 0 saturated carbocycles. The van der Waals surface area contributed by atoms with Crippen LogP contribution in [-0.2, 0) is 6.54 Å². The van der Waals surface area contributed by atoms with Crippen molar-refractivity contribution in [3.05, 3.63) is 57.0 Å². The van der Waals surface area contributed by atoms with Crippen LogP contribution in [0.3, 0.4) is 0 Å². The molecule has 2 nitrogen and oxygen atoms in total. The molecule has 0 saturated heterocycles. The highest BCUT2D eigenvalue weighted by atomic mass is 79.9. The molecule has 0 atom stereocenters. The first kappa shape index (κ1) is 16.3. The molecule has 0 amide bonds. The van der Waals surface area contributed by atoms with E-state index in [0.29, 0.717) is 0 Å². The molecule has 0 aromatic heterocycles. The van der Waals surface area contributed by atoms with Crippen LogP contribution >= 0.6 is 27.5 Å². The van der Waals surface area contributed by atoms with Crippen LogP contribution in [0, 0.1) is 6.92 Å². The highest BCUT2D eigenvalue weighted by Crippen LogP contribution is 2.30. The second-order valence-corrected chi connectivity index (χ2v) is 6.23. The Kier molecular flexibility index (Phi) is 6.09. The fraction of sp³-hybridized carbons (Fsp3) is 0.294. The molecule has 0 spiro atoms. The fourth-order valence-electron chi connectivity index (χ4n) is 1.99. The van der Waals surface area contributed by atoms with Gasteiger partial charge in [0.05, 0.1) is 0 Å². The Bertz CT molecular complexity index is 616. The van der Waals surface area contributed by atoms with Crippen molar-refractivity contribution in [2.24, 2.45) is 0 Å². The highest BCUT2D eigenvalue weighted by Gasteiger charge is 2.05. The number of halogens is 2. The minimum Gasteiger partial charge on any atom is -0.457 e. The summed E-state index contributed by atoms with van der Waals surface area (Å²) in [6, 6.07) is 11.7. The average Bonchev–Trinajstić information content (AvgIpc) is 2.44. The van der Waals surface area contributed by atoms with Crippen LogP contribution in [0.25, 0.3) is 0 Å². The van der Waals surface area contributed by atoms with Crippen molar-refractivity contribution in [3.8, 4) is 11.5 Å². The fourth-order valence-corrected chi connectivity index (χ4v) is 2.71. The van der Waals surface area contributed by atoms with Crippen LogP contribution in [-0.4, -0.2) is 6.54 Å². The van der Waals surface area contributed by atoms with Crippen molar-refractivity contribution in [3.63, 3.8) is 0 Å². The number of ether oxygens (including phenoxy) is 1. The summed E-state index contributed by atoms with van der Waals surface area (Å²) < 4.78 is 6.97. The summed E-state index contributed by atoms with van der Waals surface area (Å²) in [5.41, 5.74) is 2.25. The average molecular weight is 369 g/mol. The van der Waals surface area contributed by atoms with Gasteiger partial charge in [0.15, 0.2) is 0 Å². The van der Waals surface area contributed by atoms with Crippen molar-refractivity contribution in [2.75, 3.05) is 6.54 Å². The number of rotatable bonds is 6. The van der Waals surface area contributed by atoms with E-state index in [1.807, 2.05) is 37.3 Å². The van der Waals surface area contributed by atoms with Gasteiger partial charge >= 0.3 is 0 Å². The summed E-state index contributed by atoms with van der Waals surface area (Å²) >= 11 is 9.56. The third-order valence-electron chi connectivity index (χ3n) is 3.13. The molecule has 2 aromatic carbocycles. The molecule has 2 rings (SSSR count). The van der Waals surface area contributed by atoms with E-state index >= 15 is 0 Å². The van der Waals surface area contributed by atoms with Crippen molar-refractivity contribution in [1.82, 2.24) is 5.32 Å². The first-order valence-corrected chi connectivity index (χ1v) is 8.20. The van der Waals surface area contributed by atoms with Gasteiger partial charge in [0, 0.05) is 16.0 Å². The lowest BCUT2D eigenvalue weighted by molar-refractivity contribution is 0.478. The summed E-state index contributed by atoms with van der Waals surface area (Å²) in [5.74, 6) is 1.63. The second kappa shape index (κ2) is 7.83. The van der Waals surface area contributed by atoms with Crippen LogP contribution in [0.15, 0.2) is 40.9 Å². The topological polar surface area (TPSA) is 21.3 Å². The molecule has 0 bridgehead atoms. The molecular formula is C17H19BrClNO. The minimum absolute atomic E-state index is 0.721. The standard InChI is InChI=1S/C17H19BrClNO/c1-3-8-20-11-13-4-6-15(10-16(13)18)21-17-7-5-14(19)9-12(17)2/h4-7,9-10,20H,3,8,11H2,1-2H3. The van der Waals surface area contributed by atoms with Gasteiger partial charge in [0.2, 0.25) is 0 Å². The maximum Gasteiger partial charge on any atom is 0.130 e. The van der Waals surface area contributed by atoms with Gasteiger partial charge in [-0.1, -0.05) is 40.5 Å². The molecule has 4 heteroatoms. The van der Waals surface area contributed by atoms with Crippen molar-refractivity contribution < 1.29 is 4.74 Å². The summed E-state index contributed by atoms with van der Waals surface area (Å²) in [4.78, 5) is 0. The van der Waals surface area contributed by atoms with Crippen LogP contribution in [0.4, 0.5) is 0 Å². The molecule has 0 aliphatic rings. The van der Waals surface area contributed by atoms with Gasteiger partial charge in [-0.15, -0.1) is 0 Å². The predicted molar refractivity (Wildman–Crippen MR) is 92.4 cm³/mol. The zero-order valence-electron chi connectivity index (χ0n) is 12.2. The molecule has 0 radical (unpaired) electrons. The van der Waals surface area contributed by atoms with Gasteiger partial charge in [-0.05, 0) is 61.3 Å². The van der Waals surface area contributed by atoms with E-state index in [2.05, 4.69) is 34.2 Å². The maximum atomic E-state index is 5.96. The third-order valence-corrected chi connectivity index (χ3v) is 4.10. The number of hydrogen-bond donors (Lipinski definition) is 1. The molecule has 0 unspecified atom stereocenters. The van der Waals surface area contributed by atoms with Gasteiger partial charge in [-0.25, -0.2) is 0 Å². The van der Waals surface area contributed by atoms with Gasteiger partial charge in [-0.3, -0.25) is 0 Å². The zero-order valence-corrected chi connectivity index (χ0v) is 14.6. The number of hydrogen-bond acceptors (Lipinski definition) is 2. The Labute approximate surface area is 139 Å². The predicted octanol–water partition coefficient (Wildman–Crippen LogP) is 5.70. The zero-order chi connectivity index (χ0) is 15.2. The normalized spacial score (nSPS) is 10.7. The molecule has 0 fully saturated rings. The molecule has 0 heterocycles. The summed E-state index contributed by atoms with van der Waals surface area (Å²) in [5, 5.41) is 4.11. The van der Waals surface area contributed by atoms with Crippen LogP contribution in [0.2, 0.25) is 5.02 Å². The number of aryl methyl sites for hydroxylation is 1. The van der Waals surface area contributed by atoms with E-state index in [9.17, 15) is 0 Å². The lowest BCUT2D eigenvalue weighted by atomic mass is 10.2. The van der Waals surface area contributed by atoms with Gasteiger partial charge in [0.1, 0.15) is 11.5 Å². The molecule has 112 valence electrons. The Balaban J connectivity index is 2.09. The Hall–Kier alpha value is -1.03. The smallest absolute Gasteiger partial charge is 0.130 e. The van der Waals surface area contributed by atoms with Crippen LogP contribution in [0.1, 0.15) is 24.5 Å². The van der Waals surface area contributed by atoms with E-state index < -0.39 is 0 Å². The molecule has 0 aliphatic carbocycles. The van der Waals surface area contributed by atoms with Crippen LogP contribution in [0.5, 0.6) is 11.5 Å². The maximum absolute atomic E-state index is 5.96. The largest absolute Gasteiger partial charge is 0.457 e. The lowest BCUT2D eigenvalue weighted by Gasteiger charge is -2.11. The molecule has 2 aromatic rings. The van der Waals surface area contributed by atoms with E-state index in [-0.39, 0.29) is 0 Å². The quantitative estimate of drug-likeness (QED) is 0.660. The second-order valence-electron chi connectivity index (χ2n) is 4.94. The summed E-state index contributed by atoms with van der Waals surface area (Å²) in [7, 11) is 0. The van der Waals surface area contributed by atoms with Crippen molar-refractivity contribution >= 4 is 27.5 Å². The van der Waals surface area contributed by atoms with Crippen molar-refractivity contribution in [1.29, 1.82) is 0 Å². The van der Waals surface area contributed by atoms with E-state index in [1.165, 1.54) is 5.56 Å². The van der Waals surface area contributed by atoms with Gasteiger partial charge in [0.25, 0.3) is 0 Å². The molecule has 1 N–H and O–H groups in total. The highest BCUT2D eigenvalue weighted by molar-refractivity contribution is 9.10. The first-order chi connectivity index (χ1) is 10.1.